The lowest BCUT2D eigenvalue weighted by molar-refractivity contribution is 0.0792. The molecule has 29 heavy (non-hydrogen) atoms. The number of benzene rings is 2. The highest BCUT2D eigenvalue weighted by Crippen LogP contribution is 2.17. The number of nitrogens with zero attached hydrogens (tertiary/aromatic N) is 2. The molecule has 2 aromatic carbocycles. The van der Waals surface area contributed by atoms with Crippen LogP contribution in [0.1, 0.15) is 47.3 Å². The average molecular weight is 391 g/mol. The number of amidine groups is 1. The molecule has 0 atom stereocenters. The molecule has 1 fully saturated rings. The molecule has 1 aliphatic heterocycles. The minimum atomic E-state index is 0. The maximum Gasteiger partial charge on any atom is 0.254 e. The van der Waals surface area contributed by atoms with Crippen LogP contribution >= 0.6 is 0 Å². The molecule has 2 aromatic rings. The van der Waals surface area contributed by atoms with E-state index in [1.165, 1.54) is 0 Å². The quantitative estimate of drug-likeness (QED) is 0.476. The number of aryl methyl sites for hydroxylation is 1. The first-order valence-corrected chi connectivity index (χ1v) is 9.50. The Morgan fingerprint density at radius 1 is 1.21 bits per heavy atom. The first-order chi connectivity index (χ1) is 13.5. The van der Waals surface area contributed by atoms with E-state index in [0.29, 0.717) is 12.1 Å². The van der Waals surface area contributed by atoms with Crippen molar-refractivity contribution < 1.29 is 4.79 Å². The van der Waals surface area contributed by atoms with Gasteiger partial charge in [0.1, 0.15) is 5.84 Å². The highest BCUT2D eigenvalue weighted by atomic mass is 16.2. The molecule has 0 bridgehead atoms. The van der Waals surface area contributed by atoms with E-state index in [9.17, 15) is 4.79 Å². The number of rotatable bonds is 4. The molecule has 1 saturated heterocycles. The fourth-order valence-corrected chi connectivity index (χ4v) is 3.33. The van der Waals surface area contributed by atoms with Gasteiger partial charge in [0.25, 0.3) is 5.91 Å². The third-order valence-corrected chi connectivity index (χ3v) is 5.00. The second-order valence-corrected chi connectivity index (χ2v) is 7.15. The van der Waals surface area contributed by atoms with Gasteiger partial charge in [0, 0.05) is 42.5 Å². The number of carbonyl (C=O) groups is 1. The molecular weight excluding hydrogens is 360 g/mol. The van der Waals surface area contributed by atoms with Gasteiger partial charge in [-0.1, -0.05) is 31.4 Å². The topological polar surface area (TPSA) is 73.4 Å². The average Bonchev–Trinajstić information content (AvgIpc) is 3.22. The van der Waals surface area contributed by atoms with Gasteiger partial charge in [-0.3, -0.25) is 10.2 Å². The van der Waals surface area contributed by atoms with Crippen molar-refractivity contribution in [2.75, 3.05) is 31.6 Å². The maximum atomic E-state index is 12.6. The molecule has 0 radical (unpaired) electrons. The van der Waals surface area contributed by atoms with E-state index >= 15 is 0 Å². The summed E-state index contributed by atoms with van der Waals surface area (Å²) in [6.07, 6.45) is 2.19. The molecule has 5 nitrogen and oxygen atoms in total. The zero-order chi connectivity index (χ0) is 20.1. The summed E-state index contributed by atoms with van der Waals surface area (Å²) in [6, 6.07) is 13.3. The summed E-state index contributed by atoms with van der Waals surface area (Å²) >= 11 is 0. The number of nitrogens with two attached hydrogens (primary N) is 1. The Morgan fingerprint density at radius 2 is 1.93 bits per heavy atom. The molecule has 3 rings (SSSR count). The lowest BCUT2D eigenvalue weighted by Gasteiger charge is -2.17. The number of hydrogen-bond acceptors (Lipinski definition) is 3. The van der Waals surface area contributed by atoms with Crippen LogP contribution in [-0.2, 0) is 0 Å². The number of nitrogens with one attached hydrogen (secondary N) is 1. The van der Waals surface area contributed by atoms with Crippen molar-refractivity contribution in [2.45, 2.75) is 27.2 Å². The Bertz CT molecular complexity index is 949. The van der Waals surface area contributed by atoms with Crippen LogP contribution in [-0.4, -0.2) is 43.3 Å². The summed E-state index contributed by atoms with van der Waals surface area (Å²) < 4.78 is 0. The van der Waals surface area contributed by atoms with Crippen LogP contribution in [0.4, 0.5) is 5.69 Å². The molecule has 1 amide bonds. The summed E-state index contributed by atoms with van der Waals surface area (Å²) in [7, 11) is 1.96. The summed E-state index contributed by atoms with van der Waals surface area (Å²) in [5.74, 6) is 6.53. The second-order valence-electron chi connectivity index (χ2n) is 7.15. The monoisotopic (exact) mass is 390 g/mol. The van der Waals surface area contributed by atoms with Crippen molar-refractivity contribution >= 4 is 17.4 Å². The molecule has 0 saturated carbocycles. The SMILES string of the molecule is C.Cc1cc(C#CCN(C)c2cccc(C(=N)N)c2)ccc1C(=O)N1CCCC1. The number of amides is 1. The molecule has 0 spiro atoms. The number of likely N-dealkylation sites (tertiary alicyclic amines) is 1. The van der Waals surface area contributed by atoms with Crippen molar-refractivity contribution in [3.63, 3.8) is 0 Å². The van der Waals surface area contributed by atoms with Gasteiger partial charge >= 0.3 is 0 Å². The predicted molar refractivity (Wildman–Crippen MR) is 121 cm³/mol. The van der Waals surface area contributed by atoms with Gasteiger partial charge in [-0.2, -0.15) is 0 Å². The van der Waals surface area contributed by atoms with Crippen LogP contribution in [0.25, 0.3) is 0 Å². The van der Waals surface area contributed by atoms with Crippen molar-refractivity contribution in [3.05, 3.63) is 64.7 Å². The smallest absolute Gasteiger partial charge is 0.254 e. The summed E-state index contributed by atoms with van der Waals surface area (Å²) in [6.45, 7) is 4.23. The number of nitrogen functional groups attached to an aromatic ring is 1. The molecule has 3 N–H and O–H groups in total. The number of carbonyl (C=O) groups excluding carboxylic acids is 1. The Balaban J connectivity index is 0.00000300. The Morgan fingerprint density at radius 3 is 2.59 bits per heavy atom. The minimum absolute atomic E-state index is 0. The normalized spacial score (nSPS) is 12.6. The van der Waals surface area contributed by atoms with Crippen molar-refractivity contribution in [1.82, 2.24) is 4.90 Å². The third-order valence-electron chi connectivity index (χ3n) is 5.00. The Hall–Kier alpha value is -3.26. The fourth-order valence-electron chi connectivity index (χ4n) is 3.33. The first-order valence-electron chi connectivity index (χ1n) is 9.50. The van der Waals surface area contributed by atoms with Crippen LogP contribution in [0.15, 0.2) is 42.5 Å². The summed E-state index contributed by atoms with van der Waals surface area (Å²) in [5, 5.41) is 7.55. The molecule has 152 valence electrons. The minimum Gasteiger partial charge on any atom is -0.384 e. The Kier molecular flexibility index (Phi) is 7.44. The van der Waals surface area contributed by atoms with Crippen LogP contribution in [0.3, 0.4) is 0 Å². The maximum absolute atomic E-state index is 12.6. The predicted octanol–water partition coefficient (Wildman–Crippen LogP) is 3.64. The van der Waals surface area contributed by atoms with Gasteiger partial charge < -0.3 is 15.5 Å². The summed E-state index contributed by atoms with van der Waals surface area (Å²) in [4.78, 5) is 16.5. The molecule has 1 heterocycles. The van der Waals surface area contributed by atoms with Crippen LogP contribution < -0.4 is 10.6 Å². The van der Waals surface area contributed by atoms with Gasteiger partial charge in [0.05, 0.1) is 6.54 Å². The highest BCUT2D eigenvalue weighted by molar-refractivity contribution is 5.96. The third kappa shape index (κ3) is 5.39. The number of hydrogen-bond donors (Lipinski definition) is 2. The second kappa shape index (κ2) is 9.79. The zero-order valence-corrected chi connectivity index (χ0v) is 16.5. The van der Waals surface area contributed by atoms with Crippen molar-refractivity contribution in [1.29, 1.82) is 5.41 Å². The lowest BCUT2D eigenvalue weighted by atomic mass is 10.0. The van der Waals surface area contributed by atoms with E-state index in [1.807, 2.05) is 66.2 Å². The van der Waals surface area contributed by atoms with E-state index in [0.717, 1.165) is 48.3 Å². The molecule has 0 aliphatic carbocycles. The number of anilines is 1. The van der Waals surface area contributed by atoms with E-state index in [4.69, 9.17) is 11.1 Å². The van der Waals surface area contributed by atoms with Crippen LogP contribution in [0, 0.1) is 24.2 Å². The molecular formula is C24H30N4O. The van der Waals surface area contributed by atoms with Gasteiger partial charge in [-0.15, -0.1) is 0 Å². The Labute approximate surface area is 174 Å². The van der Waals surface area contributed by atoms with Gasteiger partial charge in [0.2, 0.25) is 0 Å². The largest absolute Gasteiger partial charge is 0.384 e. The molecule has 0 aromatic heterocycles. The van der Waals surface area contributed by atoms with E-state index in [1.54, 1.807) is 0 Å². The van der Waals surface area contributed by atoms with E-state index in [-0.39, 0.29) is 19.2 Å². The molecule has 5 heteroatoms. The van der Waals surface area contributed by atoms with E-state index in [2.05, 4.69) is 11.8 Å². The zero-order valence-electron chi connectivity index (χ0n) is 16.5. The van der Waals surface area contributed by atoms with Gasteiger partial charge in [0.15, 0.2) is 0 Å². The standard InChI is InChI=1S/C23H26N4O.CH4/c1-17-15-18(10-11-21(17)23(28)27-13-3-4-14-27)7-6-12-26(2)20-9-5-8-19(16-20)22(24)25;/h5,8-11,15-16H,3-4,12-14H2,1-2H3,(H3,24,25);1H4. The molecule has 0 unspecified atom stereocenters. The van der Waals surface area contributed by atoms with Gasteiger partial charge in [-0.05, 0) is 55.7 Å². The first kappa shape index (κ1) is 22.0. The molecule has 1 aliphatic rings. The van der Waals surface area contributed by atoms with Gasteiger partial charge in [-0.25, -0.2) is 0 Å². The highest BCUT2D eigenvalue weighted by Gasteiger charge is 2.20. The lowest BCUT2D eigenvalue weighted by Crippen LogP contribution is -2.28. The van der Waals surface area contributed by atoms with Crippen LogP contribution in [0.5, 0.6) is 0 Å². The van der Waals surface area contributed by atoms with Crippen LogP contribution in [0.2, 0.25) is 0 Å². The van der Waals surface area contributed by atoms with Crippen molar-refractivity contribution in [3.8, 4) is 11.8 Å². The fraction of sp³-hybridized carbons (Fsp3) is 0.333. The van der Waals surface area contributed by atoms with E-state index < -0.39 is 0 Å². The van der Waals surface area contributed by atoms with Crippen molar-refractivity contribution in [2.24, 2.45) is 5.73 Å². The summed E-state index contributed by atoms with van der Waals surface area (Å²) in [5.41, 5.74) is 9.86.